The van der Waals surface area contributed by atoms with Gasteiger partial charge in [0.25, 0.3) is 0 Å². The molecule has 1 saturated heterocycles. The van der Waals surface area contributed by atoms with Gasteiger partial charge in [-0.2, -0.15) is 4.31 Å². The largest absolute Gasteiger partial charge is 0.384 e. The predicted octanol–water partition coefficient (Wildman–Crippen LogP) is 1.18. The van der Waals surface area contributed by atoms with E-state index in [1.807, 2.05) is 0 Å². The zero-order chi connectivity index (χ0) is 15.5. The molecule has 118 valence electrons. The van der Waals surface area contributed by atoms with Crippen molar-refractivity contribution in [3.63, 3.8) is 0 Å². The van der Waals surface area contributed by atoms with E-state index in [1.165, 1.54) is 16.6 Å². The minimum Gasteiger partial charge on any atom is -0.384 e. The number of nitrogens with zero attached hydrogens (tertiary/aromatic N) is 2. The Balaban J connectivity index is 2.31. The molecule has 0 spiro atoms. The molecular formula is C12H19BrN4O3S. The van der Waals surface area contributed by atoms with Crippen molar-refractivity contribution in [2.24, 2.45) is 11.8 Å². The Morgan fingerprint density at radius 2 is 2.38 bits per heavy atom. The number of pyridine rings is 1. The third-order valence-electron chi connectivity index (χ3n) is 3.46. The van der Waals surface area contributed by atoms with Crippen LogP contribution >= 0.6 is 15.9 Å². The van der Waals surface area contributed by atoms with Crippen LogP contribution in [0.3, 0.4) is 0 Å². The molecule has 1 aliphatic heterocycles. The molecule has 1 aromatic heterocycles. The first-order valence-electron chi connectivity index (χ1n) is 6.60. The van der Waals surface area contributed by atoms with E-state index >= 15 is 0 Å². The molecule has 3 N–H and O–H groups in total. The summed E-state index contributed by atoms with van der Waals surface area (Å²) in [6.45, 7) is 1.51. The molecule has 0 radical (unpaired) electrons. The van der Waals surface area contributed by atoms with Crippen LogP contribution in [-0.2, 0) is 14.8 Å². The number of hydrazine groups is 1. The fraction of sp³-hybridized carbons (Fsp3) is 0.583. The molecule has 0 aliphatic carbocycles. The number of methoxy groups -OCH3 is 1. The lowest BCUT2D eigenvalue weighted by Crippen LogP contribution is -2.41. The number of nitrogens with two attached hydrogens (primary N) is 1. The van der Waals surface area contributed by atoms with Crippen molar-refractivity contribution in [1.82, 2.24) is 9.29 Å². The number of anilines is 1. The van der Waals surface area contributed by atoms with Gasteiger partial charge in [-0.3, -0.25) is 0 Å². The van der Waals surface area contributed by atoms with E-state index in [1.54, 1.807) is 7.11 Å². The summed E-state index contributed by atoms with van der Waals surface area (Å²) in [5.41, 5.74) is 2.34. The van der Waals surface area contributed by atoms with Crippen molar-refractivity contribution in [3.8, 4) is 0 Å². The van der Waals surface area contributed by atoms with E-state index in [4.69, 9.17) is 10.6 Å². The summed E-state index contributed by atoms with van der Waals surface area (Å²) in [7, 11) is -2.01. The molecule has 2 heterocycles. The van der Waals surface area contributed by atoms with Crippen LogP contribution in [0.15, 0.2) is 21.6 Å². The topological polar surface area (TPSA) is 97.5 Å². The maximum absolute atomic E-state index is 12.8. The fourth-order valence-electron chi connectivity index (χ4n) is 2.48. The quantitative estimate of drug-likeness (QED) is 0.589. The number of hydrogen-bond donors (Lipinski definition) is 2. The van der Waals surface area contributed by atoms with Crippen LogP contribution in [0.5, 0.6) is 0 Å². The van der Waals surface area contributed by atoms with Gasteiger partial charge in [-0.1, -0.05) is 0 Å². The molecular weight excluding hydrogens is 360 g/mol. The van der Waals surface area contributed by atoms with Crippen molar-refractivity contribution >= 4 is 31.8 Å². The molecule has 1 unspecified atom stereocenters. The Hall–Kier alpha value is -0.740. The third kappa shape index (κ3) is 3.72. The number of rotatable bonds is 5. The zero-order valence-electron chi connectivity index (χ0n) is 11.8. The van der Waals surface area contributed by atoms with E-state index in [2.05, 4.69) is 26.3 Å². The van der Waals surface area contributed by atoms with Crippen LogP contribution < -0.4 is 11.3 Å². The minimum atomic E-state index is -3.64. The van der Waals surface area contributed by atoms with Crippen molar-refractivity contribution < 1.29 is 13.2 Å². The lowest BCUT2D eigenvalue weighted by Gasteiger charge is -2.31. The molecule has 1 atom stereocenters. The van der Waals surface area contributed by atoms with Crippen LogP contribution in [0, 0.1) is 5.92 Å². The second-order valence-corrected chi connectivity index (χ2v) is 7.79. The van der Waals surface area contributed by atoms with Crippen LogP contribution in [0.25, 0.3) is 0 Å². The van der Waals surface area contributed by atoms with Gasteiger partial charge in [0, 0.05) is 30.9 Å². The van der Waals surface area contributed by atoms with Crippen LogP contribution in [0.4, 0.5) is 5.82 Å². The number of nitrogens with one attached hydrogen (secondary N) is 1. The van der Waals surface area contributed by atoms with E-state index in [0.29, 0.717) is 24.2 Å². The third-order valence-corrected chi connectivity index (χ3v) is 5.77. The smallest absolute Gasteiger partial charge is 0.246 e. The molecule has 1 aliphatic rings. The van der Waals surface area contributed by atoms with Crippen LogP contribution in [0.2, 0.25) is 0 Å². The SMILES string of the molecule is COCC1CCCN(S(=O)(=O)c2cc(Br)cnc2NN)C1. The van der Waals surface area contributed by atoms with Gasteiger partial charge in [-0.15, -0.1) is 0 Å². The zero-order valence-corrected chi connectivity index (χ0v) is 14.2. The Kier molecular flexibility index (Phi) is 5.55. The minimum absolute atomic E-state index is 0.0810. The molecule has 9 heteroatoms. The molecule has 0 aromatic carbocycles. The van der Waals surface area contributed by atoms with E-state index in [0.717, 1.165) is 12.8 Å². The summed E-state index contributed by atoms with van der Waals surface area (Å²) >= 11 is 3.24. The maximum atomic E-state index is 12.8. The molecule has 0 saturated carbocycles. The van der Waals surface area contributed by atoms with E-state index < -0.39 is 10.0 Å². The molecule has 2 rings (SSSR count). The maximum Gasteiger partial charge on any atom is 0.246 e. The second-order valence-electron chi connectivity index (χ2n) is 4.97. The van der Waals surface area contributed by atoms with Crippen molar-refractivity contribution in [2.75, 3.05) is 32.2 Å². The van der Waals surface area contributed by atoms with E-state index in [9.17, 15) is 8.42 Å². The highest BCUT2D eigenvalue weighted by Gasteiger charge is 2.32. The normalized spacial score (nSPS) is 20.4. The monoisotopic (exact) mass is 378 g/mol. The van der Waals surface area contributed by atoms with Crippen molar-refractivity contribution in [2.45, 2.75) is 17.7 Å². The number of nitrogen functional groups attached to an aromatic ring is 1. The van der Waals surface area contributed by atoms with Crippen molar-refractivity contribution in [1.29, 1.82) is 0 Å². The second kappa shape index (κ2) is 7.01. The van der Waals surface area contributed by atoms with Gasteiger partial charge >= 0.3 is 0 Å². The Morgan fingerprint density at radius 3 is 3.05 bits per heavy atom. The first-order chi connectivity index (χ1) is 9.98. The predicted molar refractivity (Wildman–Crippen MR) is 83.1 cm³/mol. The van der Waals surface area contributed by atoms with Gasteiger partial charge in [0.05, 0.1) is 6.61 Å². The summed E-state index contributed by atoms with van der Waals surface area (Å²) in [4.78, 5) is 4.08. The summed E-state index contributed by atoms with van der Waals surface area (Å²) in [6.07, 6.45) is 3.29. The van der Waals surface area contributed by atoms with Gasteiger partial charge < -0.3 is 10.2 Å². The van der Waals surface area contributed by atoms with Crippen molar-refractivity contribution in [3.05, 3.63) is 16.7 Å². The van der Waals surface area contributed by atoms with Crippen LogP contribution in [-0.4, -0.2) is 44.5 Å². The Morgan fingerprint density at radius 1 is 1.62 bits per heavy atom. The summed E-state index contributed by atoms with van der Waals surface area (Å²) in [6, 6.07) is 1.51. The first-order valence-corrected chi connectivity index (χ1v) is 8.83. The standard InChI is InChI=1S/C12H19BrN4O3S/c1-20-8-9-3-2-4-17(7-9)21(18,19)11-5-10(13)6-15-12(11)16-14/h5-6,9H,2-4,7-8,14H2,1H3,(H,15,16). The molecule has 0 amide bonds. The fourth-order valence-corrected chi connectivity index (χ4v) is 4.65. The van der Waals surface area contributed by atoms with Gasteiger partial charge in [0.15, 0.2) is 5.82 Å². The van der Waals surface area contributed by atoms with Gasteiger partial charge in [0.2, 0.25) is 10.0 Å². The summed E-state index contributed by atoms with van der Waals surface area (Å²) in [5.74, 6) is 5.73. The van der Waals surface area contributed by atoms with Gasteiger partial charge in [0.1, 0.15) is 4.90 Å². The average Bonchev–Trinajstić information content (AvgIpc) is 2.48. The molecule has 1 fully saturated rings. The number of ether oxygens (including phenoxy) is 1. The Labute approximate surface area is 133 Å². The summed E-state index contributed by atoms with van der Waals surface area (Å²) < 4.78 is 32.8. The number of piperidine rings is 1. The van der Waals surface area contributed by atoms with Crippen LogP contribution in [0.1, 0.15) is 12.8 Å². The van der Waals surface area contributed by atoms with E-state index in [-0.39, 0.29) is 16.6 Å². The number of aromatic nitrogens is 1. The highest BCUT2D eigenvalue weighted by molar-refractivity contribution is 9.10. The molecule has 1 aromatic rings. The first kappa shape index (κ1) is 16.6. The lowest BCUT2D eigenvalue weighted by molar-refractivity contribution is 0.118. The number of hydrogen-bond acceptors (Lipinski definition) is 6. The average molecular weight is 379 g/mol. The highest BCUT2D eigenvalue weighted by atomic mass is 79.9. The molecule has 0 bridgehead atoms. The number of halogens is 1. The summed E-state index contributed by atoms with van der Waals surface area (Å²) in [5, 5.41) is 0. The molecule has 7 nitrogen and oxygen atoms in total. The number of sulfonamides is 1. The lowest BCUT2D eigenvalue weighted by atomic mass is 10.0. The Bertz CT molecular complexity index is 594. The van der Waals surface area contributed by atoms with Gasteiger partial charge in [-0.25, -0.2) is 19.2 Å². The van der Waals surface area contributed by atoms with Gasteiger partial charge in [-0.05, 0) is 40.8 Å². The molecule has 21 heavy (non-hydrogen) atoms. The highest BCUT2D eigenvalue weighted by Crippen LogP contribution is 2.28.